The van der Waals surface area contributed by atoms with Gasteiger partial charge in [-0.3, -0.25) is 4.79 Å². The van der Waals surface area contributed by atoms with Gasteiger partial charge < -0.3 is 14.5 Å². The summed E-state index contributed by atoms with van der Waals surface area (Å²) >= 11 is 1.54. The highest BCUT2D eigenvalue weighted by Gasteiger charge is 2.33. The minimum atomic E-state index is -4.42. The van der Waals surface area contributed by atoms with Gasteiger partial charge in [-0.15, -0.1) is 11.8 Å². The highest BCUT2D eigenvalue weighted by molar-refractivity contribution is 8.00. The predicted octanol–water partition coefficient (Wildman–Crippen LogP) is 4.63. The van der Waals surface area contributed by atoms with Gasteiger partial charge in [-0.25, -0.2) is 0 Å². The van der Waals surface area contributed by atoms with Crippen LogP contribution in [0.3, 0.4) is 0 Å². The van der Waals surface area contributed by atoms with Gasteiger partial charge in [0.1, 0.15) is 16.9 Å². The van der Waals surface area contributed by atoms with E-state index in [0.29, 0.717) is 18.0 Å². The second-order valence-corrected chi connectivity index (χ2v) is 7.82. The van der Waals surface area contributed by atoms with Crippen LogP contribution in [-0.4, -0.2) is 48.6 Å². The third-order valence-electron chi connectivity index (χ3n) is 4.30. The van der Waals surface area contributed by atoms with Crippen LogP contribution in [0.1, 0.15) is 16.5 Å². The van der Waals surface area contributed by atoms with Gasteiger partial charge in [-0.2, -0.15) is 13.2 Å². The largest absolute Gasteiger partial charge is 0.457 e. The van der Waals surface area contributed by atoms with Crippen molar-refractivity contribution in [1.82, 2.24) is 9.80 Å². The first-order valence-corrected chi connectivity index (χ1v) is 9.80. The van der Waals surface area contributed by atoms with Crippen LogP contribution in [0.15, 0.2) is 48.5 Å². The second kappa shape index (κ2) is 8.45. The molecular formula is C20H21F3N2O2S. The van der Waals surface area contributed by atoms with Gasteiger partial charge in [0.2, 0.25) is 5.91 Å². The summed E-state index contributed by atoms with van der Waals surface area (Å²) in [6.45, 7) is 1.37. The summed E-state index contributed by atoms with van der Waals surface area (Å²) in [5.41, 5.74) is 0.132. The topological polar surface area (TPSA) is 32.8 Å². The summed E-state index contributed by atoms with van der Waals surface area (Å²) in [7, 11) is 3.90. The summed E-state index contributed by atoms with van der Waals surface area (Å²) in [4.78, 5) is 16.1. The second-order valence-electron chi connectivity index (χ2n) is 6.75. The van der Waals surface area contributed by atoms with Crippen LogP contribution in [0.5, 0.6) is 11.5 Å². The van der Waals surface area contributed by atoms with Crippen molar-refractivity contribution in [3.05, 3.63) is 59.7 Å². The van der Waals surface area contributed by atoms with E-state index in [1.165, 1.54) is 23.9 Å². The van der Waals surface area contributed by atoms with E-state index in [9.17, 15) is 18.0 Å². The van der Waals surface area contributed by atoms with Gasteiger partial charge in [-0.05, 0) is 50.0 Å². The Hall–Kier alpha value is -2.19. The molecule has 1 amide bonds. The number of hydrogen-bond donors (Lipinski definition) is 0. The first kappa shape index (κ1) is 20.5. The number of carbonyl (C=O) groups excluding carboxylic acids is 1. The molecule has 1 aliphatic heterocycles. The van der Waals surface area contributed by atoms with Crippen molar-refractivity contribution in [2.75, 3.05) is 32.9 Å². The van der Waals surface area contributed by atoms with Crippen molar-refractivity contribution in [2.45, 2.75) is 11.6 Å². The number of amides is 1. The van der Waals surface area contributed by atoms with Gasteiger partial charge in [-0.1, -0.05) is 18.2 Å². The van der Waals surface area contributed by atoms with E-state index >= 15 is 0 Å². The minimum absolute atomic E-state index is 0.0843. The van der Waals surface area contributed by atoms with Gasteiger partial charge in [0.05, 0.1) is 11.3 Å². The fraction of sp³-hybridized carbons (Fsp3) is 0.350. The third-order valence-corrected chi connectivity index (χ3v) is 5.55. The molecule has 0 saturated carbocycles. The van der Waals surface area contributed by atoms with Crippen molar-refractivity contribution < 1.29 is 22.7 Å². The summed E-state index contributed by atoms with van der Waals surface area (Å²) in [6.07, 6.45) is -4.42. The molecular weight excluding hydrogens is 389 g/mol. The maximum atomic E-state index is 12.9. The Morgan fingerprint density at radius 3 is 2.50 bits per heavy atom. The summed E-state index contributed by atoms with van der Waals surface area (Å²) in [5, 5.41) is -0.127. The molecule has 28 heavy (non-hydrogen) atoms. The zero-order valence-corrected chi connectivity index (χ0v) is 16.4. The normalized spacial score (nSPS) is 17.4. The lowest BCUT2D eigenvalue weighted by molar-refractivity contribution is -0.137. The molecule has 2 aromatic carbocycles. The lowest BCUT2D eigenvalue weighted by Crippen LogP contribution is -2.34. The lowest BCUT2D eigenvalue weighted by atomic mass is 10.2. The maximum absolute atomic E-state index is 12.9. The molecule has 8 heteroatoms. The molecule has 3 rings (SSSR count). The van der Waals surface area contributed by atoms with Gasteiger partial charge in [0, 0.05) is 13.1 Å². The van der Waals surface area contributed by atoms with E-state index in [0.717, 1.165) is 24.2 Å². The Labute approximate surface area is 166 Å². The number of hydrogen-bond acceptors (Lipinski definition) is 4. The maximum Gasteiger partial charge on any atom is 0.416 e. The van der Waals surface area contributed by atoms with Gasteiger partial charge in [0.25, 0.3) is 0 Å². The Bertz CT molecular complexity index is 842. The standard InChI is InChI=1S/C20H21F3N2O2S/c1-24(2)9-10-25-18(26)13-28-19(25)14-5-3-7-16(11-14)27-17-8-4-6-15(12-17)20(21,22)23/h3-8,11-12,19H,9-10,13H2,1-2H3. The molecule has 0 N–H and O–H groups in total. The van der Waals surface area contributed by atoms with E-state index in [1.54, 1.807) is 18.2 Å². The Morgan fingerprint density at radius 1 is 1.14 bits per heavy atom. The molecule has 0 bridgehead atoms. The van der Waals surface area contributed by atoms with Crippen molar-refractivity contribution in [3.63, 3.8) is 0 Å². The van der Waals surface area contributed by atoms with Crippen LogP contribution in [0, 0.1) is 0 Å². The zero-order valence-electron chi connectivity index (χ0n) is 15.6. The molecule has 1 fully saturated rings. The molecule has 0 aromatic heterocycles. The van der Waals surface area contributed by atoms with Crippen LogP contribution in [-0.2, 0) is 11.0 Å². The van der Waals surface area contributed by atoms with E-state index in [2.05, 4.69) is 0 Å². The quantitative estimate of drug-likeness (QED) is 0.695. The molecule has 2 aromatic rings. The minimum Gasteiger partial charge on any atom is -0.457 e. The Balaban J connectivity index is 1.78. The monoisotopic (exact) mass is 410 g/mol. The molecule has 1 aliphatic rings. The van der Waals surface area contributed by atoms with Gasteiger partial charge >= 0.3 is 6.18 Å². The molecule has 1 unspecified atom stereocenters. The molecule has 1 saturated heterocycles. The first-order chi connectivity index (χ1) is 13.2. The van der Waals surface area contributed by atoms with E-state index in [-0.39, 0.29) is 17.0 Å². The Morgan fingerprint density at radius 2 is 1.82 bits per heavy atom. The molecule has 0 spiro atoms. The molecule has 1 heterocycles. The number of thioether (sulfide) groups is 1. The van der Waals surface area contributed by atoms with Crippen molar-refractivity contribution >= 4 is 17.7 Å². The highest BCUT2D eigenvalue weighted by Crippen LogP contribution is 2.40. The Kier molecular flexibility index (Phi) is 6.20. The van der Waals surface area contributed by atoms with Crippen molar-refractivity contribution in [1.29, 1.82) is 0 Å². The first-order valence-electron chi connectivity index (χ1n) is 8.75. The number of ether oxygens (including phenoxy) is 1. The predicted molar refractivity (Wildman–Crippen MR) is 103 cm³/mol. The number of halogens is 3. The number of nitrogens with zero attached hydrogens (tertiary/aromatic N) is 2. The molecule has 0 radical (unpaired) electrons. The van der Waals surface area contributed by atoms with Crippen molar-refractivity contribution in [2.24, 2.45) is 0 Å². The van der Waals surface area contributed by atoms with Crippen LogP contribution in [0.25, 0.3) is 0 Å². The van der Waals surface area contributed by atoms with Crippen molar-refractivity contribution in [3.8, 4) is 11.5 Å². The number of alkyl halides is 3. The van der Waals surface area contributed by atoms with E-state index < -0.39 is 11.7 Å². The molecule has 4 nitrogen and oxygen atoms in total. The summed E-state index contributed by atoms with van der Waals surface area (Å²) in [5.74, 6) is 1.05. The fourth-order valence-corrected chi connectivity index (χ4v) is 4.09. The molecule has 0 aliphatic carbocycles. The van der Waals surface area contributed by atoms with Gasteiger partial charge in [0.15, 0.2) is 0 Å². The van der Waals surface area contributed by atoms with Crippen LogP contribution < -0.4 is 4.74 Å². The number of likely N-dealkylation sites (N-methyl/N-ethyl adjacent to an activating group) is 1. The SMILES string of the molecule is CN(C)CCN1C(=O)CSC1c1cccc(Oc2cccc(C(F)(F)F)c2)c1. The van der Waals surface area contributed by atoms with E-state index in [1.807, 2.05) is 30.0 Å². The van der Waals surface area contributed by atoms with Crippen LogP contribution in [0.2, 0.25) is 0 Å². The smallest absolute Gasteiger partial charge is 0.416 e. The van der Waals surface area contributed by atoms with E-state index in [4.69, 9.17) is 4.74 Å². The van der Waals surface area contributed by atoms with Crippen LogP contribution in [0.4, 0.5) is 13.2 Å². The van der Waals surface area contributed by atoms with Crippen LogP contribution >= 0.6 is 11.8 Å². The summed E-state index contributed by atoms with van der Waals surface area (Å²) < 4.78 is 44.3. The summed E-state index contributed by atoms with van der Waals surface area (Å²) in [6, 6.07) is 11.9. The lowest BCUT2D eigenvalue weighted by Gasteiger charge is -2.26. The highest BCUT2D eigenvalue weighted by atomic mass is 32.2. The molecule has 150 valence electrons. The zero-order chi connectivity index (χ0) is 20.3. The number of rotatable bonds is 6. The number of carbonyl (C=O) groups is 1. The average molecular weight is 410 g/mol. The number of benzene rings is 2. The third kappa shape index (κ3) is 4.99. The fourth-order valence-electron chi connectivity index (χ4n) is 2.88. The average Bonchev–Trinajstić information content (AvgIpc) is 3.00. The molecule has 1 atom stereocenters.